The van der Waals surface area contributed by atoms with Crippen molar-refractivity contribution in [2.75, 3.05) is 6.67 Å². The lowest BCUT2D eigenvalue weighted by molar-refractivity contribution is 0.0689. The standard InChI is InChI=1S/C9H14FN3O2/c1-2-4-7-8(9(14)15)11-12-13(7)6-3-5-10/h2-6H2,1H3,(H,14,15). The van der Waals surface area contributed by atoms with E-state index in [0.717, 1.165) is 6.42 Å². The fraction of sp³-hybridized carbons (Fsp3) is 0.667. The van der Waals surface area contributed by atoms with Gasteiger partial charge in [0.1, 0.15) is 0 Å². The van der Waals surface area contributed by atoms with Gasteiger partial charge in [-0.15, -0.1) is 5.10 Å². The third kappa shape index (κ3) is 2.74. The van der Waals surface area contributed by atoms with E-state index < -0.39 is 12.6 Å². The molecule has 1 N–H and O–H groups in total. The zero-order valence-electron chi connectivity index (χ0n) is 8.61. The molecular weight excluding hydrogens is 201 g/mol. The highest BCUT2D eigenvalue weighted by molar-refractivity contribution is 5.86. The lowest BCUT2D eigenvalue weighted by Gasteiger charge is -2.03. The number of hydrogen-bond acceptors (Lipinski definition) is 3. The van der Waals surface area contributed by atoms with Crippen LogP contribution in [0, 0.1) is 0 Å². The van der Waals surface area contributed by atoms with Gasteiger partial charge in [0.2, 0.25) is 0 Å². The van der Waals surface area contributed by atoms with Gasteiger partial charge in [-0.3, -0.25) is 4.39 Å². The number of carboxylic acid groups (broad SMARTS) is 1. The molecule has 1 aromatic heterocycles. The second kappa shape index (κ2) is 5.43. The number of carbonyl (C=O) groups is 1. The van der Waals surface area contributed by atoms with Gasteiger partial charge in [-0.05, 0) is 12.8 Å². The highest BCUT2D eigenvalue weighted by atomic mass is 19.1. The highest BCUT2D eigenvalue weighted by Crippen LogP contribution is 2.09. The Balaban J connectivity index is 2.90. The maximum Gasteiger partial charge on any atom is 0.358 e. The van der Waals surface area contributed by atoms with Gasteiger partial charge >= 0.3 is 5.97 Å². The summed E-state index contributed by atoms with van der Waals surface area (Å²) in [6, 6.07) is 0. The Morgan fingerprint density at radius 3 is 2.87 bits per heavy atom. The van der Waals surface area contributed by atoms with E-state index in [0.29, 0.717) is 25.1 Å². The van der Waals surface area contributed by atoms with Crippen LogP contribution in [0.4, 0.5) is 4.39 Å². The smallest absolute Gasteiger partial charge is 0.358 e. The molecule has 0 unspecified atom stereocenters. The van der Waals surface area contributed by atoms with Gasteiger partial charge in [0.05, 0.1) is 12.4 Å². The van der Waals surface area contributed by atoms with Crippen molar-refractivity contribution in [1.82, 2.24) is 15.0 Å². The average Bonchev–Trinajstić information content (AvgIpc) is 2.59. The first-order valence-corrected chi connectivity index (χ1v) is 4.92. The van der Waals surface area contributed by atoms with Crippen LogP contribution in [-0.2, 0) is 13.0 Å². The van der Waals surface area contributed by atoms with Crippen LogP contribution in [0.15, 0.2) is 0 Å². The fourth-order valence-electron chi connectivity index (χ4n) is 1.37. The lowest BCUT2D eigenvalue weighted by atomic mass is 10.2. The predicted molar refractivity (Wildman–Crippen MR) is 51.6 cm³/mol. The number of alkyl halides is 1. The molecule has 5 nitrogen and oxygen atoms in total. The molecule has 0 bridgehead atoms. The number of rotatable bonds is 6. The van der Waals surface area contributed by atoms with Crippen LogP contribution >= 0.6 is 0 Å². The average molecular weight is 215 g/mol. The van der Waals surface area contributed by atoms with Crippen LogP contribution in [0.5, 0.6) is 0 Å². The van der Waals surface area contributed by atoms with Crippen LogP contribution in [-0.4, -0.2) is 32.7 Å². The van der Waals surface area contributed by atoms with Crippen molar-refractivity contribution in [1.29, 1.82) is 0 Å². The maximum atomic E-state index is 12.0. The van der Waals surface area contributed by atoms with Crippen molar-refractivity contribution >= 4 is 5.97 Å². The molecule has 15 heavy (non-hydrogen) atoms. The molecule has 0 aromatic carbocycles. The van der Waals surface area contributed by atoms with Crippen LogP contribution in [0.25, 0.3) is 0 Å². The molecule has 0 aliphatic rings. The quantitative estimate of drug-likeness (QED) is 0.776. The van der Waals surface area contributed by atoms with Gasteiger partial charge in [0.15, 0.2) is 5.69 Å². The Morgan fingerprint density at radius 2 is 2.33 bits per heavy atom. The number of nitrogens with zero attached hydrogens (tertiary/aromatic N) is 3. The largest absolute Gasteiger partial charge is 0.476 e. The summed E-state index contributed by atoms with van der Waals surface area (Å²) in [5, 5.41) is 16.1. The Kier molecular flexibility index (Phi) is 4.20. The van der Waals surface area contributed by atoms with E-state index in [1.807, 2.05) is 6.92 Å². The molecule has 0 fully saturated rings. The second-order valence-corrected chi connectivity index (χ2v) is 3.21. The van der Waals surface area contributed by atoms with Gasteiger partial charge in [-0.2, -0.15) is 0 Å². The van der Waals surface area contributed by atoms with E-state index in [-0.39, 0.29) is 5.69 Å². The molecule has 0 aliphatic heterocycles. The summed E-state index contributed by atoms with van der Waals surface area (Å²) in [4.78, 5) is 10.8. The second-order valence-electron chi connectivity index (χ2n) is 3.21. The number of aromatic carboxylic acids is 1. The topological polar surface area (TPSA) is 68.0 Å². The minimum Gasteiger partial charge on any atom is -0.476 e. The molecule has 0 saturated heterocycles. The summed E-state index contributed by atoms with van der Waals surface area (Å²) in [5.74, 6) is -1.08. The van der Waals surface area contributed by atoms with Gasteiger partial charge in [0, 0.05) is 6.54 Å². The summed E-state index contributed by atoms with van der Waals surface area (Å²) in [7, 11) is 0. The first kappa shape index (κ1) is 11.6. The van der Waals surface area contributed by atoms with Crippen molar-refractivity contribution in [3.8, 4) is 0 Å². The molecule has 1 heterocycles. The molecule has 0 spiro atoms. The van der Waals surface area contributed by atoms with Crippen molar-refractivity contribution in [3.63, 3.8) is 0 Å². The Labute approximate surface area is 86.9 Å². The lowest BCUT2D eigenvalue weighted by Crippen LogP contribution is -2.09. The third-order valence-electron chi connectivity index (χ3n) is 2.03. The SMILES string of the molecule is CCCc1c(C(=O)O)nnn1CCCF. The number of aryl methyl sites for hydroxylation is 1. The monoisotopic (exact) mass is 215 g/mol. The van der Waals surface area contributed by atoms with Gasteiger partial charge in [0.25, 0.3) is 0 Å². The van der Waals surface area contributed by atoms with Crippen LogP contribution in [0.2, 0.25) is 0 Å². The first-order valence-electron chi connectivity index (χ1n) is 4.92. The molecule has 84 valence electrons. The van der Waals surface area contributed by atoms with Crippen molar-refractivity contribution < 1.29 is 14.3 Å². The van der Waals surface area contributed by atoms with Crippen molar-refractivity contribution in [2.24, 2.45) is 0 Å². The minimum absolute atomic E-state index is 0.0179. The molecule has 0 amide bonds. The zero-order chi connectivity index (χ0) is 11.3. The van der Waals surface area contributed by atoms with Crippen LogP contribution in [0.3, 0.4) is 0 Å². The summed E-state index contributed by atoms with van der Waals surface area (Å²) in [6.45, 7) is 1.89. The van der Waals surface area contributed by atoms with Gasteiger partial charge in [-0.25, -0.2) is 9.48 Å². The summed E-state index contributed by atoms with van der Waals surface area (Å²) < 4.78 is 13.5. The van der Waals surface area contributed by atoms with Gasteiger partial charge in [-0.1, -0.05) is 18.6 Å². The molecule has 1 rings (SSSR count). The van der Waals surface area contributed by atoms with Crippen LogP contribution < -0.4 is 0 Å². The van der Waals surface area contributed by atoms with E-state index >= 15 is 0 Å². The Hall–Kier alpha value is -1.46. The Morgan fingerprint density at radius 1 is 1.60 bits per heavy atom. The number of aromatic nitrogens is 3. The van der Waals surface area contributed by atoms with E-state index in [1.54, 1.807) is 0 Å². The Bertz CT molecular complexity index is 338. The van der Waals surface area contributed by atoms with Crippen molar-refractivity contribution in [2.45, 2.75) is 32.7 Å². The minimum atomic E-state index is -1.08. The molecule has 0 radical (unpaired) electrons. The molecule has 0 atom stereocenters. The van der Waals surface area contributed by atoms with Crippen molar-refractivity contribution in [3.05, 3.63) is 11.4 Å². The number of hydrogen-bond donors (Lipinski definition) is 1. The van der Waals surface area contributed by atoms with Crippen LogP contribution in [0.1, 0.15) is 35.9 Å². The third-order valence-corrected chi connectivity index (χ3v) is 2.03. The summed E-state index contributed by atoms with van der Waals surface area (Å²) >= 11 is 0. The first-order chi connectivity index (χ1) is 7.20. The molecule has 0 aliphatic carbocycles. The molecule has 1 aromatic rings. The molecular formula is C9H14FN3O2. The predicted octanol–water partition coefficient (Wildman–Crippen LogP) is 1.29. The molecule has 6 heteroatoms. The van der Waals surface area contributed by atoms with E-state index in [4.69, 9.17) is 5.11 Å². The number of halogens is 1. The fourth-order valence-corrected chi connectivity index (χ4v) is 1.37. The molecule has 0 saturated carbocycles. The normalized spacial score (nSPS) is 10.5. The van der Waals surface area contributed by atoms with E-state index in [1.165, 1.54) is 4.68 Å². The van der Waals surface area contributed by atoms with E-state index in [2.05, 4.69) is 10.3 Å². The summed E-state index contributed by atoms with van der Waals surface area (Å²) in [6.07, 6.45) is 1.74. The zero-order valence-corrected chi connectivity index (χ0v) is 8.61. The highest BCUT2D eigenvalue weighted by Gasteiger charge is 2.17. The number of carboxylic acids is 1. The van der Waals surface area contributed by atoms with Gasteiger partial charge < -0.3 is 5.11 Å². The summed E-state index contributed by atoms with van der Waals surface area (Å²) in [5.41, 5.74) is 0.564. The van der Waals surface area contributed by atoms with E-state index in [9.17, 15) is 9.18 Å². The maximum absolute atomic E-state index is 12.0.